The van der Waals surface area contributed by atoms with Crippen molar-refractivity contribution in [3.05, 3.63) is 27.7 Å². The lowest BCUT2D eigenvalue weighted by Crippen LogP contribution is -2.06. The summed E-state index contributed by atoms with van der Waals surface area (Å²) in [4.78, 5) is 10.8. The minimum absolute atomic E-state index is 0.0131. The van der Waals surface area contributed by atoms with Crippen LogP contribution in [-0.2, 0) is 4.79 Å². The summed E-state index contributed by atoms with van der Waals surface area (Å²) < 4.78 is 5.59. The molecule has 0 heterocycles. The Labute approximate surface area is 117 Å². The molecule has 100 valence electrons. The average molecular weight is 291 g/mol. The van der Waals surface area contributed by atoms with Gasteiger partial charge in [-0.25, -0.2) is 0 Å². The molecule has 5 heteroatoms. The summed E-state index contributed by atoms with van der Waals surface area (Å²) in [5.41, 5.74) is 0.739. The minimum atomic E-state index is -0.861. The molecule has 0 saturated carbocycles. The molecule has 0 aliphatic carbocycles. The number of carboxylic acids is 1. The maximum absolute atomic E-state index is 10.8. The van der Waals surface area contributed by atoms with Crippen molar-refractivity contribution in [1.29, 1.82) is 0 Å². The standard InChI is InChI=1S/C13H16Cl2O3/c1-3-4-18-13-10(8(2)5-12(16)17)6-9(14)7-11(13)15/h6-8H,3-5H2,1-2H3,(H,16,17). The van der Waals surface area contributed by atoms with E-state index < -0.39 is 5.97 Å². The SMILES string of the molecule is CCCOc1c(Cl)cc(Cl)cc1C(C)CC(=O)O. The van der Waals surface area contributed by atoms with Crippen molar-refractivity contribution in [2.45, 2.75) is 32.6 Å². The molecule has 1 aromatic rings. The molecule has 0 amide bonds. The van der Waals surface area contributed by atoms with Crippen molar-refractivity contribution >= 4 is 29.2 Å². The van der Waals surface area contributed by atoms with Gasteiger partial charge in [0.2, 0.25) is 0 Å². The van der Waals surface area contributed by atoms with Crippen LogP contribution in [0.3, 0.4) is 0 Å². The fourth-order valence-corrected chi connectivity index (χ4v) is 2.24. The molecule has 3 nitrogen and oxygen atoms in total. The first-order valence-corrected chi connectivity index (χ1v) is 6.54. The predicted octanol–water partition coefficient (Wildman–Crippen LogP) is 4.36. The minimum Gasteiger partial charge on any atom is -0.492 e. The number of ether oxygens (including phenoxy) is 1. The molecule has 1 atom stereocenters. The third-order valence-electron chi connectivity index (χ3n) is 2.50. The van der Waals surface area contributed by atoms with Gasteiger partial charge in [-0.05, 0) is 24.5 Å². The zero-order chi connectivity index (χ0) is 13.7. The second kappa shape index (κ2) is 6.86. The molecule has 0 spiro atoms. The lowest BCUT2D eigenvalue weighted by Gasteiger charge is -2.17. The topological polar surface area (TPSA) is 46.5 Å². The van der Waals surface area contributed by atoms with Crippen LogP contribution in [0, 0.1) is 0 Å². The van der Waals surface area contributed by atoms with Gasteiger partial charge in [0.05, 0.1) is 18.1 Å². The van der Waals surface area contributed by atoms with Crippen molar-refractivity contribution in [3.63, 3.8) is 0 Å². The Bertz CT molecular complexity index is 432. The Kier molecular flexibility index (Phi) is 5.76. The van der Waals surface area contributed by atoms with Gasteiger partial charge in [0.1, 0.15) is 5.75 Å². The molecule has 0 bridgehead atoms. The lowest BCUT2D eigenvalue weighted by atomic mass is 9.97. The van der Waals surface area contributed by atoms with Gasteiger partial charge in [-0.2, -0.15) is 0 Å². The second-order valence-electron chi connectivity index (χ2n) is 4.15. The molecule has 0 fully saturated rings. The fourth-order valence-electron chi connectivity index (χ4n) is 1.67. The number of hydrogen-bond acceptors (Lipinski definition) is 2. The van der Waals surface area contributed by atoms with E-state index in [1.807, 2.05) is 13.8 Å². The first-order chi connectivity index (χ1) is 8.45. The second-order valence-corrected chi connectivity index (χ2v) is 5.00. The van der Waals surface area contributed by atoms with Crippen LogP contribution in [-0.4, -0.2) is 17.7 Å². The summed E-state index contributed by atoms with van der Waals surface area (Å²) in [5, 5.41) is 9.75. The number of carboxylic acid groups (broad SMARTS) is 1. The summed E-state index contributed by atoms with van der Waals surface area (Å²) in [7, 11) is 0. The largest absolute Gasteiger partial charge is 0.492 e. The number of halogens is 2. The molecule has 0 aliphatic rings. The van der Waals surface area contributed by atoms with E-state index in [9.17, 15) is 4.79 Å². The summed E-state index contributed by atoms with van der Waals surface area (Å²) in [6.45, 7) is 4.34. The summed E-state index contributed by atoms with van der Waals surface area (Å²) in [6.07, 6.45) is 0.866. The predicted molar refractivity (Wildman–Crippen MR) is 72.9 cm³/mol. The van der Waals surface area contributed by atoms with Crippen LogP contribution in [0.5, 0.6) is 5.75 Å². The summed E-state index contributed by atoms with van der Waals surface area (Å²) in [5.74, 6) is -0.526. The van der Waals surface area contributed by atoms with Crippen LogP contribution in [0.15, 0.2) is 12.1 Å². The van der Waals surface area contributed by atoms with Gasteiger partial charge >= 0.3 is 5.97 Å². The van der Waals surface area contributed by atoms with E-state index in [1.54, 1.807) is 12.1 Å². The van der Waals surface area contributed by atoms with Gasteiger partial charge in [0.15, 0.2) is 0 Å². The molecular weight excluding hydrogens is 275 g/mol. The van der Waals surface area contributed by atoms with Gasteiger partial charge in [-0.1, -0.05) is 37.0 Å². The lowest BCUT2D eigenvalue weighted by molar-refractivity contribution is -0.137. The highest BCUT2D eigenvalue weighted by Gasteiger charge is 2.18. The van der Waals surface area contributed by atoms with E-state index in [0.29, 0.717) is 22.4 Å². The summed E-state index contributed by atoms with van der Waals surface area (Å²) in [6, 6.07) is 3.32. The average Bonchev–Trinajstić information content (AvgIpc) is 2.26. The van der Waals surface area contributed by atoms with Crippen LogP contribution in [0.25, 0.3) is 0 Å². The Hall–Kier alpha value is -0.930. The van der Waals surface area contributed by atoms with E-state index in [2.05, 4.69) is 0 Å². The molecule has 18 heavy (non-hydrogen) atoms. The van der Waals surface area contributed by atoms with E-state index in [1.165, 1.54) is 0 Å². The number of rotatable bonds is 6. The smallest absolute Gasteiger partial charge is 0.303 e. The number of hydrogen-bond donors (Lipinski definition) is 1. The molecule has 1 unspecified atom stereocenters. The zero-order valence-electron chi connectivity index (χ0n) is 10.4. The third-order valence-corrected chi connectivity index (χ3v) is 3.00. The van der Waals surface area contributed by atoms with Crippen LogP contribution >= 0.6 is 23.2 Å². The van der Waals surface area contributed by atoms with Crippen molar-refractivity contribution in [1.82, 2.24) is 0 Å². The quantitative estimate of drug-likeness (QED) is 0.847. The molecular formula is C13H16Cl2O3. The Morgan fingerprint density at radius 1 is 1.44 bits per heavy atom. The molecule has 1 rings (SSSR count). The highest BCUT2D eigenvalue weighted by molar-refractivity contribution is 6.35. The van der Waals surface area contributed by atoms with Gasteiger partial charge in [0.25, 0.3) is 0 Å². The van der Waals surface area contributed by atoms with Crippen LogP contribution in [0.2, 0.25) is 10.0 Å². The van der Waals surface area contributed by atoms with Crippen molar-refractivity contribution in [3.8, 4) is 5.75 Å². The molecule has 0 aromatic heterocycles. The third kappa shape index (κ3) is 4.07. The van der Waals surface area contributed by atoms with Gasteiger partial charge in [-0.15, -0.1) is 0 Å². The molecule has 1 aromatic carbocycles. The maximum Gasteiger partial charge on any atom is 0.303 e. The van der Waals surface area contributed by atoms with Crippen LogP contribution in [0.4, 0.5) is 0 Å². The number of carbonyl (C=O) groups is 1. The van der Waals surface area contributed by atoms with Gasteiger partial charge < -0.3 is 9.84 Å². The number of benzene rings is 1. The Balaban J connectivity index is 3.09. The van der Waals surface area contributed by atoms with E-state index >= 15 is 0 Å². The molecule has 0 aliphatic heterocycles. The highest BCUT2D eigenvalue weighted by atomic mass is 35.5. The van der Waals surface area contributed by atoms with Crippen molar-refractivity contribution < 1.29 is 14.6 Å². The van der Waals surface area contributed by atoms with Gasteiger partial charge in [-0.3, -0.25) is 4.79 Å². The van der Waals surface area contributed by atoms with Crippen LogP contribution in [0.1, 0.15) is 38.2 Å². The first kappa shape index (κ1) is 15.1. The Morgan fingerprint density at radius 3 is 2.67 bits per heavy atom. The van der Waals surface area contributed by atoms with E-state index in [0.717, 1.165) is 12.0 Å². The van der Waals surface area contributed by atoms with Crippen molar-refractivity contribution in [2.75, 3.05) is 6.61 Å². The van der Waals surface area contributed by atoms with Crippen molar-refractivity contribution in [2.24, 2.45) is 0 Å². The maximum atomic E-state index is 10.8. The van der Waals surface area contributed by atoms with E-state index in [-0.39, 0.29) is 12.3 Å². The highest BCUT2D eigenvalue weighted by Crippen LogP contribution is 2.37. The fraction of sp³-hybridized carbons (Fsp3) is 0.462. The monoisotopic (exact) mass is 290 g/mol. The zero-order valence-corrected chi connectivity index (χ0v) is 11.9. The van der Waals surface area contributed by atoms with E-state index in [4.69, 9.17) is 33.0 Å². The summed E-state index contributed by atoms with van der Waals surface area (Å²) >= 11 is 12.0. The molecule has 1 N–H and O–H groups in total. The Morgan fingerprint density at radius 2 is 2.11 bits per heavy atom. The van der Waals surface area contributed by atoms with Gasteiger partial charge in [0, 0.05) is 10.6 Å². The molecule has 0 saturated heterocycles. The normalized spacial score (nSPS) is 12.2. The first-order valence-electron chi connectivity index (χ1n) is 5.79. The number of aliphatic carboxylic acids is 1. The molecule has 0 radical (unpaired) electrons. The van der Waals surface area contributed by atoms with Crippen LogP contribution < -0.4 is 4.74 Å².